The molecule has 0 fully saturated rings. The summed E-state index contributed by atoms with van der Waals surface area (Å²) in [7, 11) is 1.62. The van der Waals surface area contributed by atoms with Gasteiger partial charge in [0.15, 0.2) is 0 Å². The molecule has 0 aliphatic rings. The third kappa shape index (κ3) is 3.08. The lowest BCUT2D eigenvalue weighted by atomic mass is 10.0. The number of nitrogens with zero attached hydrogens (tertiary/aromatic N) is 1. The largest absolute Gasteiger partial charge is 0.481 e. The zero-order valence-electron chi connectivity index (χ0n) is 10.8. The maximum absolute atomic E-state index is 5.79. The maximum Gasteiger partial charge on any atom is 0.213 e. The van der Waals surface area contributed by atoms with Crippen molar-refractivity contribution in [2.24, 2.45) is 5.73 Å². The highest BCUT2D eigenvalue weighted by molar-refractivity contribution is 5.64. The molecular weight excluding hydrogens is 224 g/mol. The number of ether oxygens (including phenoxy) is 1. The summed E-state index contributed by atoms with van der Waals surface area (Å²) in [5, 5.41) is 0. The first kappa shape index (κ1) is 12.6. The Labute approximate surface area is 108 Å². The summed E-state index contributed by atoms with van der Waals surface area (Å²) in [5.74, 6) is 0.632. The number of methoxy groups -OCH3 is 1. The number of nitrogens with two attached hydrogens (primary N) is 1. The normalized spacial score (nSPS) is 12.2. The molecule has 2 N–H and O–H groups in total. The molecule has 0 saturated carbocycles. The molecular formula is C15H18N2O. The van der Waals surface area contributed by atoms with Crippen molar-refractivity contribution in [3.63, 3.8) is 0 Å². The first-order chi connectivity index (χ1) is 8.69. The van der Waals surface area contributed by atoms with E-state index in [1.807, 2.05) is 19.1 Å². The third-order valence-corrected chi connectivity index (χ3v) is 2.79. The molecule has 0 amide bonds. The molecule has 1 atom stereocenters. The van der Waals surface area contributed by atoms with Gasteiger partial charge in [0.2, 0.25) is 5.88 Å². The van der Waals surface area contributed by atoms with Crippen LogP contribution in [-0.2, 0) is 6.42 Å². The van der Waals surface area contributed by atoms with Crippen LogP contribution in [0.25, 0.3) is 11.1 Å². The molecule has 0 radical (unpaired) electrons. The van der Waals surface area contributed by atoms with E-state index in [2.05, 4.69) is 29.2 Å². The molecule has 0 saturated heterocycles. The van der Waals surface area contributed by atoms with E-state index in [1.54, 1.807) is 13.3 Å². The number of aromatic nitrogens is 1. The van der Waals surface area contributed by atoms with E-state index < -0.39 is 0 Å². The van der Waals surface area contributed by atoms with Crippen LogP contribution < -0.4 is 10.5 Å². The van der Waals surface area contributed by atoms with Crippen molar-refractivity contribution in [3.8, 4) is 17.0 Å². The van der Waals surface area contributed by atoms with Crippen LogP contribution in [0.1, 0.15) is 12.5 Å². The molecule has 1 unspecified atom stereocenters. The smallest absolute Gasteiger partial charge is 0.213 e. The highest BCUT2D eigenvalue weighted by atomic mass is 16.5. The highest BCUT2D eigenvalue weighted by Crippen LogP contribution is 2.22. The fourth-order valence-corrected chi connectivity index (χ4v) is 1.91. The van der Waals surface area contributed by atoms with Crippen molar-refractivity contribution in [2.75, 3.05) is 7.11 Å². The van der Waals surface area contributed by atoms with Gasteiger partial charge in [0, 0.05) is 18.3 Å². The molecule has 0 spiro atoms. The lowest BCUT2D eigenvalue weighted by Crippen LogP contribution is -2.17. The van der Waals surface area contributed by atoms with E-state index in [9.17, 15) is 0 Å². The average molecular weight is 242 g/mol. The Kier molecular flexibility index (Phi) is 3.95. The summed E-state index contributed by atoms with van der Waals surface area (Å²) in [6, 6.07) is 12.5. The lowest BCUT2D eigenvalue weighted by Gasteiger charge is -2.07. The first-order valence-electron chi connectivity index (χ1n) is 6.04. The Balaban J connectivity index is 2.22. The van der Waals surface area contributed by atoms with Crippen molar-refractivity contribution in [1.82, 2.24) is 4.98 Å². The number of benzene rings is 1. The molecule has 0 aliphatic heterocycles. The Hall–Kier alpha value is -1.87. The number of rotatable bonds is 4. The topological polar surface area (TPSA) is 48.1 Å². The van der Waals surface area contributed by atoms with Crippen LogP contribution in [0.3, 0.4) is 0 Å². The minimum absolute atomic E-state index is 0.192. The van der Waals surface area contributed by atoms with Gasteiger partial charge in [-0.2, -0.15) is 0 Å². The van der Waals surface area contributed by atoms with Gasteiger partial charge in [-0.05, 0) is 36.1 Å². The molecule has 0 aliphatic carbocycles. The third-order valence-electron chi connectivity index (χ3n) is 2.79. The molecule has 94 valence electrons. The molecule has 1 aromatic heterocycles. The summed E-state index contributed by atoms with van der Waals surface area (Å²) >= 11 is 0. The van der Waals surface area contributed by atoms with Gasteiger partial charge < -0.3 is 10.5 Å². The molecule has 3 nitrogen and oxygen atoms in total. The van der Waals surface area contributed by atoms with E-state index in [-0.39, 0.29) is 6.04 Å². The van der Waals surface area contributed by atoms with Crippen LogP contribution in [0.15, 0.2) is 42.6 Å². The van der Waals surface area contributed by atoms with Gasteiger partial charge in [-0.3, -0.25) is 0 Å². The standard InChI is InChI=1S/C15H18N2O/c1-11(16)9-12-3-5-13(6-4-12)14-7-8-17-15(10-14)18-2/h3-8,10-11H,9,16H2,1-2H3. The molecule has 1 aromatic carbocycles. The fraction of sp³-hybridized carbons (Fsp3) is 0.267. The number of pyridine rings is 1. The van der Waals surface area contributed by atoms with Gasteiger partial charge in [-0.15, -0.1) is 0 Å². The van der Waals surface area contributed by atoms with Crippen LogP contribution in [0.5, 0.6) is 5.88 Å². The molecule has 18 heavy (non-hydrogen) atoms. The second-order valence-corrected chi connectivity index (χ2v) is 4.47. The fourth-order valence-electron chi connectivity index (χ4n) is 1.91. The maximum atomic E-state index is 5.79. The van der Waals surface area contributed by atoms with Crippen LogP contribution in [0, 0.1) is 0 Å². The second kappa shape index (κ2) is 5.65. The molecule has 3 heteroatoms. The van der Waals surface area contributed by atoms with E-state index in [0.717, 1.165) is 17.5 Å². The molecule has 0 bridgehead atoms. The van der Waals surface area contributed by atoms with Crippen molar-refractivity contribution < 1.29 is 4.74 Å². The van der Waals surface area contributed by atoms with E-state index in [0.29, 0.717) is 5.88 Å². The zero-order chi connectivity index (χ0) is 13.0. The van der Waals surface area contributed by atoms with Gasteiger partial charge in [0.1, 0.15) is 0 Å². The van der Waals surface area contributed by atoms with Gasteiger partial charge >= 0.3 is 0 Å². The Morgan fingerprint density at radius 3 is 2.50 bits per heavy atom. The SMILES string of the molecule is COc1cc(-c2ccc(CC(C)N)cc2)ccn1. The minimum atomic E-state index is 0.192. The predicted molar refractivity (Wildman–Crippen MR) is 73.6 cm³/mol. The van der Waals surface area contributed by atoms with Crippen LogP contribution in [-0.4, -0.2) is 18.1 Å². The Morgan fingerprint density at radius 2 is 1.89 bits per heavy atom. The summed E-state index contributed by atoms with van der Waals surface area (Å²) in [4.78, 5) is 4.10. The van der Waals surface area contributed by atoms with Crippen molar-refractivity contribution in [2.45, 2.75) is 19.4 Å². The lowest BCUT2D eigenvalue weighted by molar-refractivity contribution is 0.398. The summed E-state index contributed by atoms with van der Waals surface area (Å²) in [6.45, 7) is 2.02. The van der Waals surface area contributed by atoms with Crippen molar-refractivity contribution in [1.29, 1.82) is 0 Å². The van der Waals surface area contributed by atoms with Gasteiger partial charge in [0.05, 0.1) is 7.11 Å². The highest BCUT2D eigenvalue weighted by Gasteiger charge is 2.02. The number of hydrogen-bond donors (Lipinski definition) is 1. The summed E-state index contributed by atoms with van der Waals surface area (Å²) in [5.41, 5.74) is 9.31. The van der Waals surface area contributed by atoms with Gasteiger partial charge in [-0.1, -0.05) is 24.3 Å². The van der Waals surface area contributed by atoms with Gasteiger partial charge in [0.25, 0.3) is 0 Å². The second-order valence-electron chi connectivity index (χ2n) is 4.47. The monoisotopic (exact) mass is 242 g/mol. The van der Waals surface area contributed by atoms with Crippen LogP contribution in [0.4, 0.5) is 0 Å². The molecule has 2 rings (SSSR count). The summed E-state index contributed by atoms with van der Waals surface area (Å²) < 4.78 is 5.13. The first-order valence-corrected chi connectivity index (χ1v) is 6.04. The van der Waals surface area contributed by atoms with E-state index in [1.165, 1.54) is 5.56 Å². The average Bonchev–Trinajstić information content (AvgIpc) is 2.39. The molecule has 1 heterocycles. The van der Waals surface area contributed by atoms with Crippen molar-refractivity contribution >= 4 is 0 Å². The van der Waals surface area contributed by atoms with Crippen LogP contribution in [0.2, 0.25) is 0 Å². The molecule has 2 aromatic rings. The zero-order valence-corrected chi connectivity index (χ0v) is 10.8. The quantitative estimate of drug-likeness (QED) is 0.896. The van der Waals surface area contributed by atoms with E-state index >= 15 is 0 Å². The summed E-state index contributed by atoms with van der Waals surface area (Å²) in [6.07, 6.45) is 2.66. The van der Waals surface area contributed by atoms with Crippen molar-refractivity contribution in [3.05, 3.63) is 48.2 Å². The van der Waals surface area contributed by atoms with Crippen LogP contribution >= 0.6 is 0 Å². The van der Waals surface area contributed by atoms with Gasteiger partial charge in [-0.25, -0.2) is 4.98 Å². The number of hydrogen-bond acceptors (Lipinski definition) is 3. The predicted octanol–water partition coefficient (Wildman–Crippen LogP) is 2.65. The Bertz CT molecular complexity index is 506. The van der Waals surface area contributed by atoms with E-state index in [4.69, 9.17) is 10.5 Å². The Morgan fingerprint density at radius 1 is 1.17 bits per heavy atom. The minimum Gasteiger partial charge on any atom is -0.481 e.